The SMILES string of the molecule is CC/C=C\C/C=C\C/C=C\C/C=C\C(CCCCCC(=O)NC(CCCN)C(=O)O)OC(=O)CCCCCCCCCCCC. The molecule has 0 aliphatic carbocycles. The molecular formula is C38H66N2O5. The average Bonchev–Trinajstić information content (AvgIpc) is 3.02. The third-order valence-corrected chi connectivity index (χ3v) is 7.64. The molecule has 0 heterocycles. The molecule has 0 rings (SSSR count). The lowest BCUT2D eigenvalue weighted by molar-refractivity contribution is -0.147. The molecule has 0 spiro atoms. The first-order chi connectivity index (χ1) is 21.9. The Kier molecular flexibility index (Phi) is 30.8. The van der Waals surface area contributed by atoms with E-state index in [-0.39, 0.29) is 24.4 Å². The Morgan fingerprint density at radius 2 is 1.20 bits per heavy atom. The van der Waals surface area contributed by atoms with Crippen LogP contribution in [0, 0.1) is 0 Å². The molecule has 0 radical (unpaired) electrons. The van der Waals surface area contributed by atoms with Crippen LogP contribution in [0.5, 0.6) is 0 Å². The van der Waals surface area contributed by atoms with Gasteiger partial charge in [-0.25, -0.2) is 4.79 Å². The number of ether oxygens (including phenoxy) is 1. The third kappa shape index (κ3) is 29.8. The van der Waals surface area contributed by atoms with E-state index in [1.807, 2.05) is 6.08 Å². The summed E-state index contributed by atoms with van der Waals surface area (Å²) in [6.45, 7) is 4.77. The number of unbranched alkanes of at least 4 members (excludes halogenated alkanes) is 11. The topological polar surface area (TPSA) is 119 Å². The van der Waals surface area contributed by atoms with E-state index < -0.39 is 12.0 Å². The third-order valence-electron chi connectivity index (χ3n) is 7.64. The normalized spacial score (nSPS) is 13.3. The summed E-state index contributed by atoms with van der Waals surface area (Å²) in [5, 5.41) is 11.9. The van der Waals surface area contributed by atoms with Crippen molar-refractivity contribution in [3.05, 3.63) is 48.6 Å². The largest absolute Gasteiger partial charge is 0.480 e. The van der Waals surface area contributed by atoms with Gasteiger partial charge in [0.2, 0.25) is 5.91 Å². The molecule has 0 aliphatic rings. The first kappa shape index (κ1) is 42.3. The predicted octanol–water partition coefficient (Wildman–Crippen LogP) is 9.27. The molecule has 0 aromatic heterocycles. The van der Waals surface area contributed by atoms with E-state index in [2.05, 4.69) is 61.7 Å². The summed E-state index contributed by atoms with van der Waals surface area (Å²) in [5.41, 5.74) is 5.47. The van der Waals surface area contributed by atoms with Crippen molar-refractivity contribution in [3.8, 4) is 0 Å². The van der Waals surface area contributed by atoms with Crippen LogP contribution >= 0.6 is 0 Å². The highest BCUT2D eigenvalue weighted by atomic mass is 16.5. The second kappa shape index (κ2) is 32.7. The zero-order valence-corrected chi connectivity index (χ0v) is 28.7. The van der Waals surface area contributed by atoms with E-state index in [0.29, 0.717) is 38.6 Å². The highest BCUT2D eigenvalue weighted by molar-refractivity contribution is 5.83. The molecule has 7 nitrogen and oxygen atoms in total. The highest BCUT2D eigenvalue weighted by Gasteiger charge is 2.19. The lowest BCUT2D eigenvalue weighted by Crippen LogP contribution is -2.40. The van der Waals surface area contributed by atoms with Crippen LogP contribution in [0.25, 0.3) is 0 Å². The molecule has 258 valence electrons. The first-order valence-electron chi connectivity index (χ1n) is 18.0. The van der Waals surface area contributed by atoms with Gasteiger partial charge in [0.25, 0.3) is 0 Å². The summed E-state index contributed by atoms with van der Waals surface area (Å²) in [6, 6.07) is -0.890. The number of amides is 1. The van der Waals surface area contributed by atoms with Crippen LogP contribution in [0.1, 0.15) is 155 Å². The average molecular weight is 631 g/mol. The van der Waals surface area contributed by atoms with Gasteiger partial charge < -0.3 is 20.9 Å². The minimum absolute atomic E-state index is 0.140. The van der Waals surface area contributed by atoms with E-state index in [0.717, 1.165) is 51.4 Å². The predicted molar refractivity (Wildman–Crippen MR) is 188 cm³/mol. The summed E-state index contributed by atoms with van der Waals surface area (Å²) < 4.78 is 5.85. The first-order valence-corrected chi connectivity index (χ1v) is 18.0. The number of allylic oxidation sites excluding steroid dienone is 7. The van der Waals surface area contributed by atoms with Crippen molar-refractivity contribution in [2.24, 2.45) is 5.73 Å². The van der Waals surface area contributed by atoms with E-state index in [9.17, 15) is 19.5 Å². The fraction of sp³-hybridized carbons (Fsp3) is 0.711. The maximum Gasteiger partial charge on any atom is 0.326 e. The van der Waals surface area contributed by atoms with Crippen molar-refractivity contribution >= 4 is 17.8 Å². The van der Waals surface area contributed by atoms with Gasteiger partial charge in [-0.2, -0.15) is 0 Å². The molecule has 0 aliphatic heterocycles. The molecule has 0 aromatic rings. The van der Waals surface area contributed by atoms with Gasteiger partial charge in [0.1, 0.15) is 12.1 Å². The van der Waals surface area contributed by atoms with Crippen LogP contribution in [0.3, 0.4) is 0 Å². The van der Waals surface area contributed by atoms with Crippen LogP contribution in [0.4, 0.5) is 0 Å². The van der Waals surface area contributed by atoms with Crippen LogP contribution in [-0.2, 0) is 19.1 Å². The van der Waals surface area contributed by atoms with Crippen molar-refractivity contribution in [1.82, 2.24) is 5.32 Å². The zero-order chi connectivity index (χ0) is 33.2. The Hall–Kier alpha value is -2.67. The van der Waals surface area contributed by atoms with Crippen molar-refractivity contribution in [2.75, 3.05) is 6.54 Å². The number of carboxylic acids is 1. The maximum atomic E-state index is 12.6. The van der Waals surface area contributed by atoms with Crippen molar-refractivity contribution < 1.29 is 24.2 Å². The second-order valence-corrected chi connectivity index (χ2v) is 11.9. The van der Waals surface area contributed by atoms with Gasteiger partial charge in [0.05, 0.1) is 0 Å². The van der Waals surface area contributed by atoms with Gasteiger partial charge in [-0.15, -0.1) is 0 Å². The van der Waals surface area contributed by atoms with E-state index in [4.69, 9.17) is 10.5 Å². The molecule has 2 unspecified atom stereocenters. The Bertz CT molecular complexity index is 849. The van der Waals surface area contributed by atoms with E-state index >= 15 is 0 Å². The monoisotopic (exact) mass is 630 g/mol. The Labute approximate surface area is 275 Å². The minimum Gasteiger partial charge on any atom is -0.480 e. The fourth-order valence-corrected chi connectivity index (χ4v) is 4.95. The number of hydrogen-bond acceptors (Lipinski definition) is 5. The molecule has 0 saturated carbocycles. The number of nitrogens with two attached hydrogens (primary N) is 1. The molecule has 1 amide bonds. The number of nitrogens with one attached hydrogen (secondary N) is 1. The van der Waals surface area contributed by atoms with Crippen LogP contribution in [0.2, 0.25) is 0 Å². The van der Waals surface area contributed by atoms with Crippen molar-refractivity contribution in [2.45, 2.75) is 167 Å². The van der Waals surface area contributed by atoms with Crippen LogP contribution < -0.4 is 11.1 Å². The Morgan fingerprint density at radius 1 is 0.667 bits per heavy atom. The number of rotatable bonds is 31. The van der Waals surface area contributed by atoms with Crippen LogP contribution in [0.15, 0.2) is 48.6 Å². The molecule has 7 heteroatoms. The number of carbonyl (C=O) groups excluding carboxylic acids is 2. The van der Waals surface area contributed by atoms with Crippen molar-refractivity contribution in [3.63, 3.8) is 0 Å². The minimum atomic E-state index is -1.03. The van der Waals surface area contributed by atoms with Gasteiger partial charge >= 0.3 is 11.9 Å². The van der Waals surface area contributed by atoms with Crippen LogP contribution in [-0.4, -0.2) is 41.6 Å². The second-order valence-electron chi connectivity index (χ2n) is 11.9. The zero-order valence-electron chi connectivity index (χ0n) is 28.7. The van der Waals surface area contributed by atoms with E-state index in [1.165, 1.54) is 51.4 Å². The molecule has 2 atom stereocenters. The summed E-state index contributed by atoms with van der Waals surface area (Å²) in [7, 11) is 0. The number of aliphatic carboxylic acids is 1. The van der Waals surface area contributed by atoms with Gasteiger partial charge in [0.15, 0.2) is 0 Å². The van der Waals surface area contributed by atoms with E-state index in [1.54, 1.807) is 0 Å². The molecule has 0 saturated heterocycles. The van der Waals surface area contributed by atoms with Gasteiger partial charge in [0, 0.05) is 12.8 Å². The lowest BCUT2D eigenvalue weighted by Gasteiger charge is -2.15. The van der Waals surface area contributed by atoms with Crippen molar-refractivity contribution in [1.29, 1.82) is 0 Å². The van der Waals surface area contributed by atoms with Gasteiger partial charge in [-0.1, -0.05) is 121 Å². The van der Waals surface area contributed by atoms with Gasteiger partial charge in [-0.3, -0.25) is 9.59 Å². The number of carboxylic acid groups (broad SMARTS) is 1. The Morgan fingerprint density at radius 3 is 1.78 bits per heavy atom. The molecule has 0 fully saturated rings. The maximum absolute atomic E-state index is 12.6. The highest BCUT2D eigenvalue weighted by Crippen LogP contribution is 2.15. The molecule has 4 N–H and O–H groups in total. The summed E-state index contributed by atoms with van der Waals surface area (Å²) in [5.74, 6) is -1.42. The number of esters is 1. The molecule has 45 heavy (non-hydrogen) atoms. The molecule has 0 bridgehead atoms. The standard InChI is InChI=1S/C38H66N2O5/c1-3-5-7-9-11-13-15-16-18-20-23-28-34(45-37(42)32-26-21-19-17-14-12-10-8-6-4-2)29-24-22-25-31-36(41)40-35(38(43)44)30-27-33-39/h5,7,11,13,16,18,23,28,34-35H,3-4,6,8-10,12,14-15,17,19-22,24-27,29-33,39H2,1-2H3,(H,40,41)(H,43,44)/b7-5-,13-11-,18-16-,28-23-. The lowest BCUT2D eigenvalue weighted by atomic mass is 10.1. The smallest absolute Gasteiger partial charge is 0.326 e. The summed E-state index contributed by atoms with van der Waals surface area (Å²) in [6.07, 6.45) is 37.3. The quantitative estimate of drug-likeness (QED) is 0.0399. The fourth-order valence-electron chi connectivity index (χ4n) is 4.95. The number of carbonyl (C=O) groups is 3. The number of hydrogen-bond donors (Lipinski definition) is 3. The molecular weight excluding hydrogens is 564 g/mol. The molecule has 0 aromatic carbocycles. The summed E-state index contributed by atoms with van der Waals surface area (Å²) >= 11 is 0. The summed E-state index contributed by atoms with van der Waals surface area (Å²) in [4.78, 5) is 36.2. The Balaban J connectivity index is 4.57. The van der Waals surface area contributed by atoms with Gasteiger partial charge in [-0.05, 0) is 76.8 Å².